The lowest BCUT2D eigenvalue weighted by Gasteiger charge is -2.17. The van der Waals surface area contributed by atoms with Crippen LogP contribution in [0.1, 0.15) is 21.2 Å². The van der Waals surface area contributed by atoms with Gasteiger partial charge in [0.15, 0.2) is 0 Å². The van der Waals surface area contributed by atoms with Gasteiger partial charge in [0.1, 0.15) is 11.1 Å². The van der Waals surface area contributed by atoms with Crippen LogP contribution in [-0.2, 0) is 4.79 Å². The molecule has 0 heterocycles. The predicted molar refractivity (Wildman–Crippen MR) is 103 cm³/mol. The van der Waals surface area contributed by atoms with E-state index in [9.17, 15) is 14.0 Å². The lowest BCUT2D eigenvalue weighted by atomic mass is 10.1. The van der Waals surface area contributed by atoms with Crippen LogP contribution < -0.4 is 10.9 Å². The molecule has 27 heavy (non-hydrogen) atoms. The third-order valence-electron chi connectivity index (χ3n) is 3.76. The summed E-state index contributed by atoms with van der Waals surface area (Å²) in [6.45, 7) is 0. The molecule has 0 aliphatic rings. The number of benzene rings is 3. The van der Waals surface area contributed by atoms with Crippen LogP contribution >= 0.6 is 11.8 Å². The van der Waals surface area contributed by atoms with E-state index in [-0.39, 0.29) is 5.56 Å². The van der Waals surface area contributed by atoms with Crippen LogP contribution in [0.15, 0.2) is 89.8 Å². The zero-order valence-electron chi connectivity index (χ0n) is 14.3. The Morgan fingerprint density at radius 1 is 0.778 bits per heavy atom. The molecule has 0 saturated carbocycles. The van der Waals surface area contributed by atoms with Gasteiger partial charge in [-0.3, -0.25) is 20.4 Å². The van der Waals surface area contributed by atoms with Crippen LogP contribution in [0, 0.1) is 5.82 Å². The summed E-state index contributed by atoms with van der Waals surface area (Å²) in [5, 5.41) is -0.575. The number of carbonyl (C=O) groups excluding carboxylic acids is 2. The topological polar surface area (TPSA) is 58.2 Å². The highest BCUT2D eigenvalue weighted by Gasteiger charge is 2.23. The van der Waals surface area contributed by atoms with E-state index in [1.165, 1.54) is 30.0 Å². The highest BCUT2D eigenvalue weighted by atomic mass is 32.2. The van der Waals surface area contributed by atoms with Crippen molar-refractivity contribution in [1.82, 2.24) is 10.9 Å². The van der Waals surface area contributed by atoms with Gasteiger partial charge in [-0.15, -0.1) is 11.8 Å². The van der Waals surface area contributed by atoms with Crippen molar-refractivity contribution in [1.29, 1.82) is 0 Å². The van der Waals surface area contributed by atoms with Crippen molar-refractivity contribution in [3.05, 3.63) is 102 Å². The second kappa shape index (κ2) is 9.00. The Kier molecular flexibility index (Phi) is 6.22. The predicted octanol–water partition coefficient (Wildman–Crippen LogP) is 4.12. The molecule has 0 aliphatic carbocycles. The number of hydrogen-bond acceptors (Lipinski definition) is 3. The Labute approximate surface area is 160 Å². The zero-order chi connectivity index (χ0) is 19.1. The number of nitrogens with one attached hydrogen (secondary N) is 2. The molecule has 4 nitrogen and oxygen atoms in total. The molecule has 0 fully saturated rings. The first-order valence-electron chi connectivity index (χ1n) is 8.26. The number of halogens is 1. The van der Waals surface area contributed by atoms with Gasteiger partial charge in [0.25, 0.3) is 11.8 Å². The smallest absolute Gasteiger partial charge is 0.272 e. The average molecular weight is 380 g/mol. The third kappa shape index (κ3) is 4.95. The van der Waals surface area contributed by atoms with Crippen LogP contribution in [-0.4, -0.2) is 11.8 Å². The number of hydrogen-bond donors (Lipinski definition) is 2. The van der Waals surface area contributed by atoms with Gasteiger partial charge < -0.3 is 0 Å². The highest BCUT2D eigenvalue weighted by Crippen LogP contribution is 2.35. The summed E-state index contributed by atoms with van der Waals surface area (Å²) in [5.74, 6) is -1.76. The molecule has 2 amide bonds. The molecule has 3 aromatic rings. The van der Waals surface area contributed by atoms with Gasteiger partial charge in [0, 0.05) is 4.90 Å². The molecular formula is C21H17FN2O2S. The normalized spacial score (nSPS) is 11.4. The summed E-state index contributed by atoms with van der Waals surface area (Å²) in [4.78, 5) is 25.8. The van der Waals surface area contributed by atoms with E-state index in [2.05, 4.69) is 10.9 Å². The van der Waals surface area contributed by atoms with Crippen molar-refractivity contribution in [2.45, 2.75) is 10.1 Å². The summed E-state index contributed by atoms with van der Waals surface area (Å²) in [7, 11) is 0. The molecule has 6 heteroatoms. The maximum Gasteiger partial charge on any atom is 0.272 e. The number of hydrazine groups is 1. The lowest BCUT2D eigenvalue weighted by molar-refractivity contribution is -0.121. The second-order valence-electron chi connectivity index (χ2n) is 5.64. The van der Waals surface area contributed by atoms with Crippen molar-refractivity contribution >= 4 is 23.6 Å². The molecule has 3 rings (SSSR count). The number of carbonyl (C=O) groups is 2. The highest BCUT2D eigenvalue weighted by molar-refractivity contribution is 8.00. The minimum absolute atomic E-state index is 0.134. The van der Waals surface area contributed by atoms with E-state index in [4.69, 9.17) is 0 Å². The van der Waals surface area contributed by atoms with Gasteiger partial charge in [0.2, 0.25) is 0 Å². The van der Waals surface area contributed by atoms with E-state index in [0.29, 0.717) is 0 Å². The summed E-state index contributed by atoms with van der Waals surface area (Å²) >= 11 is 1.36. The zero-order valence-corrected chi connectivity index (χ0v) is 15.1. The second-order valence-corrected chi connectivity index (χ2v) is 6.82. The minimum Gasteiger partial charge on any atom is -0.272 e. The summed E-state index contributed by atoms with van der Waals surface area (Å²) in [6, 6.07) is 24.3. The van der Waals surface area contributed by atoms with E-state index in [1.807, 2.05) is 60.7 Å². The van der Waals surface area contributed by atoms with Crippen molar-refractivity contribution in [2.24, 2.45) is 0 Å². The molecule has 0 spiro atoms. The molecule has 0 aromatic heterocycles. The SMILES string of the molecule is O=C(NNC(=O)C(Sc1ccccc1)c1ccccc1)c1ccccc1F. The van der Waals surface area contributed by atoms with E-state index in [1.54, 1.807) is 6.07 Å². The number of thioether (sulfide) groups is 1. The fourth-order valence-electron chi connectivity index (χ4n) is 2.43. The number of rotatable bonds is 5. The largest absolute Gasteiger partial charge is 0.272 e. The van der Waals surface area contributed by atoms with E-state index < -0.39 is 22.9 Å². The Bertz CT molecular complexity index is 920. The van der Waals surface area contributed by atoms with Crippen LogP contribution in [0.5, 0.6) is 0 Å². The van der Waals surface area contributed by atoms with Crippen molar-refractivity contribution in [2.75, 3.05) is 0 Å². The Hall–Kier alpha value is -3.12. The Balaban J connectivity index is 1.73. The van der Waals surface area contributed by atoms with Crippen molar-refractivity contribution < 1.29 is 14.0 Å². The fraction of sp³-hybridized carbons (Fsp3) is 0.0476. The number of amides is 2. The maximum atomic E-state index is 13.7. The van der Waals surface area contributed by atoms with E-state index in [0.717, 1.165) is 10.5 Å². The third-order valence-corrected chi connectivity index (χ3v) is 5.02. The minimum atomic E-state index is -0.710. The van der Waals surface area contributed by atoms with Gasteiger partial charge in [-0.05, 0) is 29.8 Å². The molecule has 1 unspecified atom stereocenters. The van der Waals surface area contributed by atoms with Gasteiger partial charge in [-0.2, -0.15) is 0 Å². The first kappa shape index (κ1) is 18.7. The van der Waals surface area contributed by atoms with Crippen molar-refractivity contribution in [3.8, 4) is 0 Å². The molecule has 3 aromatic carbocycles. The molecule has 0 radical (unpaired) electrons. The first-order chi connectivity index (χ1) is 13.1. The Morgan fingerprint density at radius 3 is 2.04 bits per heavy atom. The monoisotopic (exact) mass is 380 g/mol. The fourth-order valence-corrected chi connectivity index (χ4v) is 3.48. The van der Waals surface area contributed by atoms with Crippen LogP contribution in [0.4, 0.5) is 4.39 Å². The molecule has 1 atom stereocenters. The van der Waals surface area contributed by atoms with Crippen molar-refractivity contribution in [3.63, 3.8) is 0 Å². The van der Waals surface area contributed by atoms with Crippen LogP contribution in [0.25, 0.3) is 0 Å². The Morgan fingerprint density at radius 2 is 1.37 bits per heavy atom. The van der Waals surface area contributed by atoms with Crippen LogP contribution in [0.3, 0.4) is 0 Å². The molecule has 0 saturated heterocycles. The van der Waals surface area contributed by atoms with Gasteiger partial charge in [0.05, 0.1) is 5.56 Å². The van der Waals surface area contributed by atoms with Gasteiger partial charge >= 0.3 is 0 Å². The quantitative estimate of drug-likeness (QED) is 0.517. The molecule has 0 bridgehead atoms. The van der Waals surface area contributed by atoms with Crippen LogP contribution in [0.2, 0.25) is 0 Å². The standard InChI is InChI=1S/C21H17FN2O2S/c22-18-14-8-7-13-17(18)20(25)23-24-21(26)19(15-9-3-1-4-10-15)27-16-11-5-2-6-12-16/h1-14,19H,(H,23,25)(H,24,26). The maximum absolute atomic E-state index is 13.7. The molecule has 0 aliphatic heterocycles. The van der Waals surface area contributed by atoms with Gasteiger partial charge in [-0.25, -0.2) is 4.39 Å². The molecule has 136 valence electrons. The lowest BCUT2D eigenvalue weighted by Crippen LogP contribution is -2.43. The molecular weight excluding hydrogens is 363 g/mol. The first-order valence-corrected chi connectivity index (χ1v) is 9.14. The van der Waals surface area contributed by atoms with E-state index >= 15 is 0 Å². The molecule has 2 N–H and O–H groups in total. The summed E-state index contributed by atoms with van der Waals surface area (Å²) in [5.41, 5.74) is 5.35. The van der Waals surface area contributed by atoms with Gasteiger partial charge in [-0.1, -0.05) is 60.7 Å². The summed E-state index contributed by atoms with van der Waals surface area (Å²) in [6.07, 6.45) is 0. The summed E-state index contributed by atoms with van der Waals surface area (Å²) < 4.78 is 13.7. The average Bonchev–Trinajstić information content (AvgIpc) is 2.72.